The van der Waals surface area contributed by atoms with Crippen molar-refractivity contribution in [2.24, 2.45) is 0 Å². The smallest absolute Gasteiger partial charge is 0.326 e. The quantitative estimate of drug-likeness (QED) is 0.686. The van der Waals surface area contributed by atoms with E-state index in [2.05, 4.69) is 15.6 Å². The normalized spacial score (nSPS) is 11.9. The molecule has 1 aromatic heterocycles. The molecule has 106 valence electrons. The van der Waals surface area contributed by atoms with Crippen LogP contribution in [0.3, 0.4) is 0 Å². The summed E-state index contributed by atoms with van der Waals surface area (Å²) >= 11 is 1.48. The highest BCUT2D eigenvalue weighted by atomic mass is 32.1. The first-order valence-electron chi connectivity index (χ1n) is 5.70. The molecule has 0 aliphatic carbocycles. The van der Waals surface area contributed by atoms with Crippen LogP contribution in [-0.4, -0.2) is 41.8 Å². The number of hydrogen-bond acceptors (Lipinski definition) is 5. The lowest BCUT2D eigenvalue weighted by atomic mass is 10.2. The number of amides is 2. The number of methoxy groups -OCH3 is 1. The van der Waals surface area contributed by atoms with Crippen LogP contribution in [0.5, 0.6) is 0 Å². The topological polar surface area (TPSA) is 101 Å². The number of carboxylic acid groups (broad SMARTS) is 1. The van der Waals surface area contributed by atoms with E-state index in [1.165, 1.54) is 18.4 Å². The van der Waals surface area contributed by atoms with Crippen molar-refractivity contribution in [3.05, 3.63) is 16.1 Å². The molecule has 0 aliphatic heterocycles. The number of carboxylic acids is 1. The average Bonchev–Trinajstić information content (AvgIpc) is 2.77. The van der Waals surface area contributed by atoms with Crippen molar-refractivity contribution in [1.82, 2.24) is 15.6 Å². The lowest BCUT2D eigenvalue weighted by Gasteiger charge is -2.14. The number of hydrogen-bond donors (Lipinski definition) is 3. The van der Waals surface area contributed by atoms with E-state index in [4.69, 9.17) is 9.84 Å². The van der Waals surface area contributed by atoms with Gasteiger partial charge >= 0.3 is 12.0 Å². The third-order valence-electron chi connectivity index (χ3n) is 2.28. The fourth-order valence-electron chi connectivity index (χ4n) is 1.34. The molecule has 1 rings (SSSR count). The number of aromatic nitrogens is 1. The first-order valence-corrected chi connectivity index (χ1v) is 6.52. The van der Waals surface area contributed by atoms with Gasteiger partial charge in [0.25, 0.3) is 0 Å². The molecule has 3 N–H and O–H groups in total. The molecule has 1 atom stereocenters. The van der Waals surface area contributed by atoms with Crippen LogP contribution >= 0.6 is 11.3 Å². The van der Waals surface area contributed by atoms with Crippen molar-refractivity contribution in [2.75, 3.05) is 13.7 Å². The highest BCUT2D eigenvalue weighted by Gasteiger charge is 2.19. The molecule has 0 aliphatic rings. The van der Waals surface area contributed by atoms with Gasteiger partial charge in [-0.2, -0.15) is 0 Å². The second-order valence-electron chi connectivity index (χ2n) is 3.86. The third-order valence-corrected chi connectivity index (χ3v) is 3.20. The van der Waals surface area contributed by atoms with Crippen LogP contribution in [-0.2, 0) is 16.1 Å². The Kier molecular flexibility index (Phi) is 6.23. The van der Waals surface area contributed by atoms with E-state index >= 15 is 0 Å². The molecule has 0 radical (unpaired) electrons. The lowest BCUT2D eigenvalue weighted by Crippen LogP contribution is -2.46. The highest BCUT2D eigenvalue weighted by Crippen LogP contribution is 2.10. The Morgan fingerprint density at radius 1 is 1.58 bits per heavy atom. The number of carbonyl (C=O) groups excluding carboxylic acids is 1. The summed E-state index contributed by atoms with van der Waals surface area (Å²) in [5, 5.41) is 14.6. The molecule has 19 heavy (non-hydrogen) atoms. The Morgan fingerprint density at radius 2 is 2.32 bits per heavy atom. The molecule has 0 saturated heterocycles. The second kappa shape index (κ2) is 7.70. The van der Waals surface area contributed by atoms with Gasteiger partial charge in [-0.3, -0.25) is 0 Å². The van der Waals surface area contributed by atoms with Crippen molar-refractivity contribution < 1.29 is 19.4 Å². The minimum atomic E-state index is -1.09. The van der Waals surface area contributed by atoms with E-state index in [9.17, 15) is 9.59 Å². The van der Waals surface area contributed by atoms with Gasteiger partial charge < -0.3 is 20.5 Å². The zero-order valence-electron chi connectivity index (χ0n) is 10.8. The van der Waals surface area contributed by atoms with Crippen LogP contribution in [0.15, 0.2) is 6.20 Å². The maximum Gasteiger partial charge on any atom is 0.326 e. The Balaban J connectivity index is 2.37. The van der Waals surface area contributed by atoms with Gasteiger partial charge in [0.15, 0.2) is 0 Å². The number of thiazole rings is 1. The summed E-state index contributed by atoms with van der Waals surface area (Å²) in [5.74, 6) is -1.09. The number of carbonyl (C=O) groups is 2. The number of nitrogens with zero attached hydrogens (tertiary/aromatic N) is 1. The fraction of sp³-hybridized carbons (Fsp3) is 0.545. The summed E-state index contributed by atoms with van der Waals surface area (Å²) in [7, 11) is 1.48. The summed E-state index contributed by atoms with van der Waals surface area (Å²) in [4.78, 5) is 27.6. The molecule has 1 aromatic rings. The Labute approximate surface area is 115 Å². The predicted octanol–water partition coefficient (Wildman–Crippen LogP) is 0.740. The molecule has 0 spiro atoms. The van der Waals surface area contributed by atoms with E-state index in [0.29, 0.717) is 0 Å². The maximum absolute atomic E-state index is 11.6. The Hall–Kier alpha value is -1.67. The fourth-order valence-corrected chi connectivity index (χ4v) is 2.07. The molecular weight excluding hydrogens is 270 g/mol. The third kappa shape index (κ3) is 5.66. The molecule has 0 bridgehead atoms. The summed E-state index contributed by atoms with van der Waals surface area (Å²) < 4.78 is 4.79. The first-order chi connectivity index (χ1) is 9.02. The number of urea groups is 1. The van der Waals surface area contributed by atoms with Gasteiger partial charge in [0, 0.05) is 31.2 Å². The Morgan fingerprint density at radius 3 is 2.84 bits per heavy atom. The van der Waals surface area contributed by atoms with Crippen LogP contribution < -0.4 is 10.6 Å². The molecular formula is C11H17N3O4S. The standard InChI is InChI=1S/C11H17N3O4S/c1-7-5-12-9(19-7)6-13-11(17)14-8(10(15)16)3-4-18-2/h5,8H,3-4,6H2,1-2H3,(H,15,16)(H2,13,14,17). The minimum absolute atomic E-state index is 0.218. The van der Waals surface area contributed by atoms with E-state index in [1.54, 1.807) is 6.20 Å². The SMILES string of the molecule is COCCC(NC(=O)NCc1ncc(C)s1)C(=O)O. The van der Waals surface area contributed by atoms with Gasteiger partial charge in [-0.15, -0.1) is 11.3 Å². The molecule has 7 nitrogen and oxygen atoms in total. The largest absolute Gasteiger partial charge is 0.480 e. The molecule has 8 heteroatoms. The number of nitrogens with one attached hydrogen (secondary N) is 2. The van der Waals surface area contributed by atoms with E-state index < -0.39 is 18.0 Å². The van der Waals surface area contributed by atoms with E-state index in [-0.39, 0.29) is 19.6 Å². The Bertz CT molecular complexity index is 435. The van der Waals surface area contributed by atoms with Gasteiger partial charge in [-0.1, -0.05) is 0 Å². The van der Waals surface area contributed by atoms with Crippen molar-refractivity contribution in [3.8, 4) is 0 Å². The van der Waals surface area contributed by atoms with Crippen molar-refractivity contribution in [3.63, 3.8) is 0 Å². The van der Waals surface area contributed by atoms with Gasteiger partial charge in [0.05, 0.1) is 6.54 Å². The first kappa shape index (κ1) is 15.4. The number of aliphatic carboxylic acids is 1. The average molecular weight is 287 g/mol. The highest BCUT2D eigenvalue weighted by molar-refractivity contribution is 7.11. The molecule has 2 amide bonds. The summed E-state index contributed by atoms with van der Waals surface area (Å²) in [6.45, 7) is 2.47. The van der Waals surface area contributed by atoms with E-state index in [0.717, 1.165) is 9.88 Å². The van der Waals surface area contributed by atoms with Crippen molar-refractivity contribution in [1.29, 1.82) is 0 Å². The van der Waals surface area contributed by atoms with Gasteiger partial charge in [0.1, 0.15) is 11.0 Å². The van der Waals surface area contributed by atoms with Crippen molar-refractivity contribution in [2.45, 2.75) is 25.9 Å². The zero-order valence-corrected chi connectivity index (χ0v) is 11.6. The minimum Gasteiger partial charge on any atom is -0.480 e. The van der Waals surface area contributed by atoms with Crippen LogP contribution in [0, 0.1) is 6.92 Å². The van der Waals surface area contributed by atoms with Crippen molar-refractivity contribution >= 4 is 23.3 Å². The maximum atomic E-state index is 11.6. The number of ether oxygens (including phenoxy) is 1. The van der Waals surface area contributed by atoms with Gasteiger partial charge in [-0.05, 0) is 6.92 Å². The summed E-state index contributed by atoms with van der Waals surface area (Å²) in [5.41, 5.74) is 0. The summed E-state index contributed by atoms with van der Waals surface area (Å²) in [6, 6.07) is -1.49. The number of rotatable bonds is 7. The van der Waals surface area contributed by atoms with Crippen LogP contribution in [0.4, 0.5) is 4.79 Å². The zero-order chi connectivity index (χ0) is 14.3. The number of aryl methyl sites for hydroxylation is 1. The van der Waals surface area contributed by atoms with Gasteiger partial charge in [-0.25, -0.2) is 14.6 Å². The monoisotopic (exact) mass is 287 g/mol. The molecule has 0 fully saturated rings. The summed E-state index contributed by atoms with van der Waals surface area (Å²) in [6.07, 6.45) is 1.94. The molecule has 0 saturated carbocycles. The molecule has 0 aromatic carbocycles. The van der Waals surface area contributed by atoms with Crippen LogP contribution in [0.25, 0.3) is 0 Å². The van der Waals surface area contributed by atoms with Crippen LogP contribution in [0.1, 0.15) is 16.3 Å². The van der Waals surface area contributed by atoms with E-state index in [1.807, 2.05) is 6.92 Å². The molecule has 1 unspecified atom stereocenters. The predicted molar refractivity (Wildman–Crippen MR) is 70.1 cm³/mol. The lowest BCUT2D eigenvalue weighted by molar-refractivity contribution is -0.139. The molecule has 1 heterocycles. The second-order valence-corrected chi connectivity index (χ2v) is 5.18. The van der Waals surface area contributed by atoms with Crippen LogP contribution in [0.2, 0.25) is 0 Å². The van der Waals surface area contributed by atoms with Gasteiger partial charge in [0.2, 0.25) is 0 Å².